The molecule has 0 spiro atoms. The highest BCUT2D eigenvalue weighted by Gasteiger charge is 2.10. The van der Waals surface area contributed by atoms with Gasteiger partial charge in [-0.15, -0.1) is 0 Å². The summed E-state index contributed by atoms with van der Waals surface area (Å²) < 4.78 is 0. The quantitative estimate of drug-likeness (QED) is 0.647. The third-order valence-corrected chi connectivity index (χ3v) is 3.26. The van der Waals surface area contributed by atoms with Gasteiger partial charge in [0.1, 0.15) is 0 Å². The summed E-state index contributed by atoms with van der Waals surface area (Å²) in [6.45, 7) is 4.09. The van der Waals surface area contributed by atoms with Gasteiger partial charge in [-0.05, 0) is 37.6 Å². The molecule has 2 aromatic carbocycles. The molecule has 0 aliphatic heterocycles. The Hall–Kier alpha value is -0.980. The molecule has 0 aliphatic carbocycles. The average molecular weight is 251 g/mol. The molecule has 0 atom stereocenters. The standard InChI is InChI=1S/C14H12Cl2/c1-9-6-7-12(15)11(8-9)14-10(2)4-3-5-13(14)16/h3-8H,1-2H3. The number of rotatable bonds is 1. The zero-order valence-corrected chi connectivity index (χ0v) is 10.7. The van der Waals surface area contributed by atoms with E-state index in [1.54, 1.807) is 0 Å². The first-order chi connectivity index (χ1) is 7.59. The largest absolute Gasteiger partial charge is 0.0837 e. The minimum atomic E-state index is 0.738. The fraction of sp³-hybridized carbons (Fsp3) is 0.143. The maximum Gasteiger partial charge on any atom is 0.0487 e. The summed E-state index contributed by atoms with van der Waals surface area (Å²) in [6, 6.07) is 11.9. The molecule has 0 unspecified atom stereocenters. The molecule has 0 aromatic heterocycles. The molecule has 0 saturated heterocycles. The van der Waals surface area contributed by atoms with Crippen LogP contribution >= 0.6 is 23.2 Å². The summed E-state index contributed by atoms with van der Waals surface area (Å²) in [6.07, 6.45) is 0. The van der Waals surface area contributed by atoms with Gasteiger partial charge in [0.2, 0.25) is 0 Å². The molecule has 16 heavy (non-hydrogen) atoms. The van der Waals surface area contributed by atoms with Crippen molar-refractivity contribution in [3.63, 3.8) is 0 Å². The van der Waals surface area contributed by atoms with Crippen LogP contribution < -0.4 is 0 Å². The molecule has 2 aromatic rings. The molecule has 0 bridgehead atoms. The smallest absolute Gasteiger partial charge is 0.0487 e. The van der Waals surface area contributed by atoms with Gasteiger partial charge in [-0.3, -0.25) is 0 Å². The number of aryl methyl sites for hydroxylation is 2. The fourth-order valence-corrected chi connectivity index (χ4v) is 2.34. The summed E-state index contributed by atoms with van der Waals surface area (Å²) >= 11 is 12.4. The molecule has 0 heterocycles. The molecule has 0 fully saturated rings. The Morgan fingerprint density at radius 3 is 2.31 bits per heavy atom. The zero-order valence-electron chi connectivity index (χ0n) is 9.22. The second-order valence-corrected chi connectivity index (χ2v) is 4.73. The lowest BCUT2D eigenvalue weighted by Gasteiger charge is -2.11. The molecule has 0 saturated carbocycles. The third kappa shape index (κ3) is 2.09. The van der Waals surface area contributed by atoms with E-state index in [1.165, 1.54) is 5.56 Å². The Bertz CT molecular complexity index is 510. The van der Waals surface area contributed by atoms with E-state index in [1.807, 2.05) is 44.2 Å². The van der Waals surface area contributed by atoms with Crippen LogP contribution in [0.25, 0.3) is 11.1 Å². The summed E-state index contributed by atoms with van der Waals surface area (Å²) in [5.41, 5.74) is 4.35. The molecule has 0 radical (unpaired) electrons. The lowest BCUT2D eigenvalue weighted by Crippen LogP contribution is -1.87. The number of hydrogen-bond acceptors (Lipinski definition) is 0. The van der Waals surface area contributed by atoms with Gasteiger partial charge in [0.05, 0.1) is 0 Å². The van der Waals surface area contributed by atoms with E-state index in [4.69, 9.17) is 23.2 Å². The molecular formula is C14H12Cl2. The molecule has 2 heteroatoms. The van der Waals surface area contributed by atoms with Crippen LogP contribution in [0.2, 0.25) is 10.0 Å². The maximum atomic E-state index is 6.23. The highest BCUT2D eigenvalue weighted by molar-refractivity contribution is 6.36. The van der Waals surface area contributed by atoms with Crippen molar-refractivity contribution in [2.45, 2.75) is 13.8 Å². The van der Waals surface area contributed by atoms with Crippen molar-refractivity contribution in [3.8, 4) is 11.1 Å². The molecule has 82 valence electrons. The lowest BCUT2D eigenvalue weighted by atomic mass is 9.99. The van der Waals surface area contributed by atoms with Crippen molar-refractivity contribution in [2.75, 3.05) is 0 Å². The van der Waals surface area contributed by atoms with Crippen LogP contribution in [-0.2, 0) is 0 Å². The zero-order chi connectivity index (χ0) is 11.7. The summed E-state index contributed by atoms with van der Waals surface area (Å²) in [5, 5.41) is 1.48. The first kappa shape index (κ1) is 11.5. The third-order valence-electron chi connectivity index (χ3n) is 2.61. The van der Waals surface area contributed by atoms with Crippen molar-refractivity contribution in [2.24, 2.45) is 0 Å². The molecular weight excluding hydrogens is 239 g/mol. The highest BCUT2D eigenvalue weighted by atomic mass is 35.5. The van der Waals surface area contributed by atoms with Crippen LogP contribution in [0.4, 0.5) is 0 Å². The van der Waals surface area contributed by atoms with Crippen molar-refractivity contribution >= 4 is 23.2 Å². The summed E-state index contributed by atoms with van der Waals surface area (Å²) in [5.74, 6) is 0. The van der Waals surface area contributed by atoms with Crippen LogP contribution in [0, 0.1) is 13.8 Å². The summed E-state index contributed by atoms with van der Waals surface area (Å²) in [4.78, 5) is 0. The van der Waals surface area contributed by atoms with E-state index in [0.717, 1.165) is 26.7 Å². The lowest BCUT2D eigenvalue weighted by molar-refractivity contribution is 1.42. The van der Waals surface area contributed by atoms with Gasteiger partial charge in [0.25, 0.3) is 0 Å². The van der Waals surface area contributed by atoms with E-state index in [0.29, 0.717) is 0 Å². The highest BCUT2D eigenvalue weighted by Crippen LogP contribution is 2.36. The first-order valence-corrected chi connectivity index (χ1v) is 5.87. The van der Waals surface area contributed by atoms with Gasteiger partial charge < -0.3 is 0 Å². The first-order valence-electron chi connectivity index (χ1n) is 5.11. The Balaban J connectivity index is 2.72. The van der Waals surface area contributed by atoms with Crippen molar-refractivity contribution in [1.82, 2.24) is 0 Å². The van der Waals surface area contributed by atoms with E-state index in [-0.39, 0.29) is 0 Å². The molecule has 0 N–H and O–H groups in total. The van der Waals surface area contributed by atoms with E-state index < -0.39 is 0 Å². The van der Waals surface area contributed by atoms with E-state index in [2.05, 4.69) is 6.07 Å². The van der Waals surface area contributed by atoms with Gasteiger partial charge in [-0.2, -0.15) is 0 Å². The maximum absolute atomic E-state index is 6.23. The van der Waals surface area contributed by atoms with Crippen LogP contribution in [0.15, 0.2) is 36.4 Å². The monoisotopic (exact) mass is 250 g/mol. The SMILES string of the molecule is Cc1ccc(Cl)c(-c2c(C)cccc2Cl)c1. The number of hydrogen-bond donors (Lipinski definition) is 0. The van der Waals surface area contributed by atoms with E-state index >= 15 is 0 Å². The summed E-state index contributed by atoms with van der Waals surface area (Å²) in [7, 11) is 0. The second kappa shape index (κ2) is 4.48. The van der Waals surface area contributed by atoms with Crippen LogP contribution in [0.5, 0.6) is 0 Å². The topological polar surface area (TPSA) is 0 Å². The van der Waals surface area contributed by atoms with Gasteiger partial charge >= 0.3 is 0 Å². The minimum absolute atomic E-state index is 0.738. The predicted molar refractivity (Wildman–Crippen MR) is 71.4 cm³/mol. The molecule has 0 nitrogen and oxygen atoms in total. The Labute approximate surface area is 106 Å². The van der Waals surface area contributed by atoms with Crippen molar-refractivity contribution < 1.29 is 0 Å². The van der Waals surface area contributed by atoms with Crippen LogP contribution in [-0.4, -0.2) is 0 Å². The Kier molecular flexibility index (Phi) is 3.22. The van der Waals surface area contributed by atoms with Crippen molar-refractivity contribution in [3.05, 3.63) is 57.6 Å². The van der Waals surface area contributed by atoms with Crippen molar-refractivity contribution in [1.29, 1.82) is 0 Å². The minimum Gasteiger partial charge on any atom is -0.0837 e. The van der Waals surface area contributed by atoms with Gasteiger partial charge in [-0.1, -0.05) is 47.0 Å². The normalized spacial score (nSPS) is 10.5. The fourth-order valence-electron chi connectivity index (χ4n) is 1.80. The van der Waals surface area contributed by atoms with Crippen LogP contribution in [0.1, 0.15) is 11.1 Å². The molecule has 0 amide bonds. The van der Waals surface area contributed by atoms with Gasteiger partial charge in [-0.25, -0.2) is 0 Å². The number of benzene rings is 2. The van der Waals surface area contributed by atoms with E-state index in [9.17, 15) is 0 Å². The van der Waals surface area contributed by atoms with Gasteiger partial charge in [0, 0.05) is 21.2 Å². The Morgan fingerprint density at radius 1 is 0.875 bits per heavy atom. The molecule has 0 aliphatic rings. The Morgan fingerprint density at radius 2 is 1.62 bits per heavy atom. The van der Waals surface area contributed by atoms with Gasteiger partial charge in [0.15, 0.2) is 0 Å². The molecule has 2 rings (SSSR count). The van der Waals surface area contributed by atoms with Crippen LogP contribution in [0.3, 0.4) is 0 Å². The number of halogens is 2. The predicted octanol–water partition coefficient (Wildman–Crippen LogP) is 5.28. The second-order valence-electron chi connectivity index (χ2n) is 3.92. The average Bonchev–Trinajstić information content (AvgIpc) is 2.23.